The van der Waals surface area contributed by atoms with Crippen LogP contribution in [0.3, 0.4) is 0 Å². The van der Waals surface area contributed by atoms with Crippen LogP contribution in [0.5, 0.6) is 0 Å². The van der Waals surface area contributed by atoms with Crippen LogP contribution < -0.4 is 10.6 Å². The summed E-state index contributed by atoms with van der Waals surface area (Å²) in [6, 6.07) is 2.13. The van der Waals surface area contributed by atoms with Gasteiger partial charge in [-0.15, -0.1) is 11.3 Å². The lowest BCUT2D eigenvalue weighted by molar-refractivity contribution is 0.0534. The van der Waals surface area contributed by atoms with E-state index in [0.717, 1.165) is 13.1 Å². The number of carbonyl (C=O) groups is 1. The molecule has 1 amide bonds. The molecule has 0 spiro atoms. The van der Waals surface area contributed by atoms with Crippen LogP contribution in [0.2, 0.25) is 0 Å². The number of hydrogen-bond acceptors (Lipinski definition) is 4. The first-order valence-corrected chi connectivity index (χ1v) is 7.62. The van der Waals surface area contributed by atoms with Crippen molar-refractivity contribution in [1.29, 1.82) is 0 Å². The summed E-state index contributed by atoms with van der Waals surface area (Å²) in [5.41, 5.74) is 0.881. The highest BCUT2D eigenvalue weighted by atomic mass is 32.1. The Morgan fingerprint density at radius 1 is 1.35 bits per heavy atom. The Balaban J connectivity index is 2.08. The molecule has 5 heteroatoms. The maximum absolute atomic E-state index is 11.4. The Morgan fingerprint density at radius 3 is 2.65 bits per heavy atom. The van der Waals surface area contributed by atoms with Gasteiger partial charge in [0.1, 0.15) is 5.60 Å². The number of hydrogen-bond donors (Lipinski definition) is 2. The van der Waals surface area contributed by atoms with E-state index in [-0.39, 0.29) is 6.09 Å². The topological polar surface area (TPSA) is 50.4 Å². The molecule has 0 saturated heterocycles. The number of ether oxygens (including phenoxy) is 1. The first kappa shape index (κ1) is 16.7. The van der Waals surface area contributed by atoms with E-state index in [1.54, 1.807) is 11.3 Å². The second-order valence-electron chi connectivity index (χ2n) is 5.51. The Bertz CT molecular complexity index is 447. The second kappa shape index (κ2) is 8.07. The minimum Gasteiger partial charge on any atom is -0.444 e. The average Bonchev–Trinajstić information content (AvgIpc) is 2.71. The van der Waals surface area contributed by atoms with E-state index in [2.05, 4.69) is 29.0 Å². The SMILES string of the molecule is Cc1ccsc1CNC/C=C/CNC(=O)OC(C)(C)C. The van der Waals surface area contributed by atoms with Crippen LogP contribution in [0.25, 0.3) is 0 Å². The molecule has 0 aromatic carbocycles. The molecule has 2 N–H and O–H groups in total. The Morgan fingerprint density at radius 2 is 2.05 bits per heavy atom. The van der Waals surface area contributed by atoms with Gasteiger partial charge in [0.05, 0.1) is 0 Å². The summed E-state index contributed by atoms with van der Waals surface area (Å²) in [5, 5.41) is 8.12. The van der Waals surface area contributed by atoms with Gasteiger partial charge in [-0.05, 0) is 44.7 Å². The van der Waals surface area contributed by atoms with Gasteiger partial charge in [-0.3, -0.25) is 0 Å². The van der Waals surface area contributed by atoms with Gasteiger partial charge in [0, 0.05) is 24.5 Å². The second-order valence-corrected chi connectivity index (χ2v) is 6.51. The van der Waals surface area contributed by atoms with Crippen LogP contribution in [0.1, 0.15) is 31.2 Å². The van der Waals surface area contributed by atoms with E-state index < -0.39 is 5.60 Å². The maximum Gasteiger partial charge on any atom is 0.407 e. The third kappa shape index (κ3) is 7.31. The normalized spacial score (nSPS) is 11.8. The molecular formula is C15H24N2O2S. The van der Waals surface area contributed by atoms with E-state index >= 15 is 0 Å². The molecule has 0 fully saturated rings. The zero-order valence-electron chi connectivity index (χ0n) is 12.7. The summed E-state index contributed by atoms with van der Waals surface area (Å²) in [4.78, 5) is 12.7. The summed E-state index contributed by atoms with van der Waals surface area (Å²) < 4.78 is 5.13. The van der Waals surface area contributed by atoms with Gasteiger partial charge in [0.2, 0.25) is 0 Å². The fourth-order valence-corrected chi connectivity index (χ4v) is 2.35. The third-order valence-corrected chi connectivity index (χ3v) is 3.47. The van der Waals surface area contributed by atoms with Crippen LogP contribution in [-0.2, 0) is 11.3 Å². The number of amides is 1. The van der Waals surface area contributed by atoms with Crippen molar-refractivity contribution < 1.29 is 9.53 Å². The lowest BCUT2D eigenvalue weighted by Gasteiger charge is -2.19. The number of nitrogens with one attached hydrogen (secondary N) is 2. The fourth-order valence-electron chi connectivity index (χ4n) is 1.48. The molecule has 4 nitrogen and oxygen atoms in total. The van der Waals surface area contributed by atoms with Crippen molar-refractivity contribution in [3.05, 3.63) is 34.0 Å². The van der Waals surface area contributed by atoms with E-state index in [4.69, 9.17) is 4.74 Å². The van der Waals surface area contributed by atoms with Crippen molar-refractivity contribution in [3.63, 3.8) is 0 Å². The first-order chi connectivity index (χ1) is 9.38. The summed E-state index contributed by atoms with van der Waals surface area (Å²) in [6.07, 6.45) is 3.53. The monoisotopic (exact) mass is 296 g/mol. The fraction of sp³-hybridized carbons (Fsp3) is 0.533. The molecule has 1 aromatic rings. The molecule has 0 bridgehead atoms. The van der Waals surface area contributed by atoms with Crippen molar-refractivity contribution >= 4 is 17.4 Å². The predicted molar refractivity (Wildman–Crippen MR) is 84.1 cm³/mol. The zero-order chi connectivity index (χ0) is 15.0. The van der Waals surface area contributed by atoms with E-state index in [9.17, 15) is 4.79 Å². The van der Waals surface area contributed by atoms with Crippen molar-refractivity contribution in [2.75, 3.05) is 13.1 Å². The largest absolute Gasteiger partial charge is 0.444 e. The third-order valence-electron chi connectivity index (χ3n) is 2.45. The van der Waals surface area contributed by atoms with Gasteiger partial charge in [-0.2, -0.15) is 0 Å². The molecule has 1 rings (SSSR count). The van der Waals surface area contributed by atoms with Crippen molar-refractivity contribution in [2.45, 2.75) is 39.8 Å². The van der Waals surface area contributed by atoms with Gasteiger partial charge < -0.3 is 15.4 Å². The molecule has 0 saturated carbocycles. The number of carbonyl (C=O) groups excluding carboxylic acids is 1. The molecule has 112 valence electrons. The Labute approximate surface area is 125 Å². The quantitative estimate of drug-likeness (QED) is 0.626. The minimum absolute atomic E-state index is 0.385. The van der Waals surface area contributed by atoms with Gasteiger partial charge in [-0.1, -0.05) is 12.2 Å². The molecular weight excluding hydrogens is 272 g/mol. The van der Waals surface area contributed by atoms with Crippen molar-refractivity contribution in [3.8, 4) is 0 Å². The molecule has 0 aliphatic rings. The number of alkyl carbamates (subject to hydrolysis) is 1. The number of aryl methyl sites for hydroxylation is 1. The molecule has 1 heterocycles. The molecule has 0 radical (unpaired) electrons. The molecule has 0 unspecified atom stereocenters. The summed E-state index contributed by atoms with van der Waals surface area (Å²) >= 11 is 1.77. The Hall–Kier alpha value is -1.33. The Kier molecular flexibility index (Phi) is 6.75. The number of rotatable bonds is 6. The van der Waals surface area contributed by atoms with E-state index in [1.807, 2.05) is 32.9 Å². The highest BCUT2D eigenvalue weighted by Crippen LogP contribution is 2.14. The van der Waals surface area contributed by atoms with Crippen LogP contribution in [0.4, 0.5) is 4.79 Å². The lowest BCUT2D eigenvalue weighted by atomic mass is 10.2. The highest BCUT2D eigenvalue weighted by molar-refractivity contribution is 7.10. The van der Waals surface area contributed by atoms with E-state index in [1.165, 1.54) is 10.4 Å². The molecule has 20 heavy (non-hydrogen) atoms. The zero-order valence-corrected chi connectivity index (χ0v) is 13.5. The standard InChI is InChI=1S/C15H24N2O2S/c1-12-7-10-20-13(12)11-16-8-5-6-9-17-14(18)19-15(2,3)4/h5-7,10,16H,8-9,11H2,1-4H3,(H,17,18)/b6-5+. The predicted octanol–water partition coefficient (Wildman–Crippen LogP) is 3.23. The van der Waals surface area contributed by atoms with Crippen LogP contribution >= 0.6 is 11.3 Å². The highest BCUT2D eigenvalue weighted by Gasteiger charge is 2.14. The first-order valence-electron chi connectivity index (χ1n) is 6.74. The summed E-state index contributed by atoms with van der Waals surface area (Å²) in [6.45, 7) is 9.81. The average molecular weight is 296 g/mol. The number of thiophene rings is 1. The van der Waals surface area contributed by atoms with Gasteiger partial charge >= 0.3 is 6.09 Å². The molecule has 0 atom stereocenters. The minimum atomic E-state index is -0.450. The summed E-state index contributed by atoms with van der Waals surface area (Å²) in [7, 11) is 0. The smallest absolute Gasteiger partial charge is 0.407 e. The molecule has 0 aliphatic carbocycles. The van der Waals surface area contributed by atoms with Crippen LogP contribution in [0, 0.1) is 6.92 Å². The molecule has 0 aliphatic heterocycles. The van der Waals surface area contributed by atoms with Gasteiger partial charge in [0.25, 0.3) is 0 Å². The lowest BCUT2D eigenvalue weighted by Crippen LogP contribution is -2.32. The maximum atomic E-state index is 11.4. The summed E-state index contributed by atoms with van der Waals surface area (Å²) in [5.74, 6) is 0. The van der Waals surface area contributed by atoms with Crippen LogP contribution in [-0.4, -0.2) is 24.8 Å². The molecule has 1 aromatic heterocycles. The van der Waals surface area contributed by atoms with E-state index in [0.29, 0.717) is 6.54 Å². The van der Waals surface area contributed by atoms with Crippen molar-refractivity contribution in [1.82, 2.24) is 10.6 Å². The van der Waals surface area contributed by atoms with Gasteiger partial charge in [-0.25, -0.2) is 4.79 Å². The van der Waals surface area contributed by atoms with Gasteiger partial charge in [0.15, 0.2) is 0 Å². The van der Waals surface area contributed by atoms with Crippen LogP contribution in [0.15, 0.2) is 23.6 Å². The van der Waals surface area contributed by atoms with Crippen molar-refractivity contribution in [2.24, 2.45) is 0 Å².